The first-order chi connectivity index (χ1) is 10.0. The number of aromatic nitrogens is 1. The van der Waals surface area contributed by atoms with Crippen molar-refractivity contribution in [3.63, 3.8) is 0 Å². The van der Waals surface area contributed by atoms with Crippen LogP contribution in [0.3, 0.4) is 0 Å². The summed E-state index contributed by atoms with van der Waals surface area (Å²) in [5.74, 6) is 1.34. The van der Waals surface area contributed by atoms with Gasteiger partial charge in [-0.1, -0.05) is 13.8 Å². The van der Waals surface area contributed by atoms with Crippen molar-refractivity contribution in [3.8, 4) is 0 Å². The Morgan fingerprint density at radius 1 is 1.38 bits per heavy atom. The average Bonchev–Trinajstić information content (AvgIpc) is 2.83. The van der Waals surface area contributed by atoms with Gasteiger partial charge in [-0.25, -0.2) is 0 Å². The van der Waals surface area contributed by atoms with Crippen molar-refractivity contribution in [3.05, 3.63) is 28.3 Å². The first-order valence-corrected chi connectivity index (χ1v) is 7.34. The molecule has 1 aliphatic rings. The van der Waals surface area contributed by atoms with Crippen LogP contribution in [0.2, 0.25) is 0 Å². The van der Waals surface area contributed by atoms with Crippen LogP contribution in [0.1, 0.15) is 33.1 Å². The quantitative estimate of drug-likeness (QED) is 0.683. The lowest BCUT2D eigenvalue weighted by molar-refractivity contribution is -0.384. The fourth-order valence-electron chi connectivity index (χ4n) is 3.13. The van der Waals surface area contributed by atoms with Gasteiger partial charge in [0.1, 0.15) is 5.52 Å². The van der Waals surface area contributed by atoms with Crippen LogP contribution in [0.15, 0.2) is 22.6 Å². The number of nitro benzene ring substituents is 1. The molecule has 3 unspecified atom stereocenters. The lowest BCUT2D eigenvalue weighted by atomic mass is 9.80. The molecular weight excluding hydrogens is 270 g/mol. The van der Waals surface area contributed by atoms with E-state index in [2.05, 4.69) is 24.1 Å². The van der Waals surface area contributed by atoms with E-state index in [1.165, 1.54) is 25.0 Å². The molecule has 1 aliphatic carbocycles. The van der Waals surface area contributed by atoms with Gasteiger partial charge in [-0.05, 0) is 37.2 Å². The zero-order valence-electron chi connectivity index (χ0n) is 12.2. The van der Waals surface area contributed by atoms with Crippen LogP contribution in [0.25, 0.3) is 11.1 Å². The molecule has 0 spiro atoms. The number of nitrogens with zero attached hydrogens (tertiary/aromatic N) is 2. The number of hydrogen-bond donors (Lipinski definition) is 1. The molecule has 0 bridgehead atoms. The normalized spacial score (nSPS) is 25.9. The number of hydrogen-bond acceptors (Lipinski definition) is 5. The van der Waals surface area contributed by atoms with Gasteiger partial charge in [-0.2, -0.15) is 4.98 Å². The fraction of sp³-hybridized carbons (Fsp3) is 0.533. The van der Waals surface area contributed by atoms with Crippen LogP contribution >= 0.6 is 0 Å². The summed E-state index contributed by atoms with van der Waals surface area (Å²) in [6, 6.07) is 5.29. The molecule has 1 saturated carbocycles. The van der Waals surface area contributed by atoms with E-state index in [0.717, 1.165) is 12.3 Å². The van der Waals surface area contributed by atoms with Gasteiger partial charge >= 0.3 is 0 Å². The summed E-state index contributed by atoms with van der Waals surface area (Å²) < 4.78 is 5.61. The maximum atomic E-state index is 10.8. The van der Waals surface area contributed by atoms with Crippen LogP contribution in [0.4, 0.5) is 11.7 Å². The summed E-state index contributed by atoms with van der Waals surface area (Å²) in [6.07, 6.45) is 3.50. The lowest BCUT2D eigenvalue weighted by Crippen LogP contribution is -2.33. The monoisotopic (exact) mass is 289 g/mol. The van der Waals surface area contributed by atoms with E-state index < -0.39 is 4.92 Å². The highest BCUT2D eigenvalue weighted by Crippen LogP contribution is 2.31. The SMILES string of the molecule is CC1CCC(Nc2nc3ccc([N+](=O)[O-])cc3o2)C(C)C1. The highest BCUT2D eigenvalue weighted by atomic mass is 16.6. The predicted octanol–water partition coefficient (Wildman–Crippen LogP) is 3.97. The van der Waals surface area contributed by atoms with E-state index in [-0.39, 0.29) is 5.69 Å². The molecule has 3 atom stereocenters. The molecule has 2 aromatic rings. The van der Waals surface area contributed by atoms with E-state index in [1.54, 1.807) is 6.07 Å². The van der Waals surface area contributed by atoms with Gasteiger partial charge in [-0.3, -0.25) is 10.1 Å². The highest BCUT2D eigenvalue weighted by molar-refractivity contribution is 5.77. The van der Waals surface area contributed by atoms with Crippen molar-refractivity contribution >= 4 is 22.8 Å². The lowest BCUT2D eigenvalue weighted by Gasteiger charge is -2.32. The third-order valence-corrected chi connectivity index (χ3v) is 4.32. The Hall–Kier alpha value is -2.11. The Balaban J connectivity index is 1.80. The molecule has 3 rings (SSSR count). The number of anilines is 1. The fourth-order valence-corrected chi connectivity index (χ4v) is 3.13. The minimum Gasteiger partial charge on any atom is -0.423 e. The van der Waals surface area contributed by atoms with E-state index in [4.69, 9.17) is 4.42 Å². The van der Waals surface area contributed by atoms with Gasteiger partial charge in [0.25, 0.3) is 11.7 Å². The topological polar surface area (TPSA) is 81.2 Å². The first-order valence-electron chi connectivity index (χ1n) is 7.34. The standard InChI is InChI=1S/C15H19N3O3/c1-9-3-5-12(10(2)7-9)16-15-17-13-6-4-11(18(19)20)8-14(13)21-15/h4,6,8-10,12H,3,5,7H2,1-2H3,(H,16,17). The van der Waals surface area contributed by atoms with Crippen molar-refractivity contribution in [1.29, 1.82) is 0 Å². The zero-order chi connectivity index (χ0) is 15.0. The summed E-state index contributed by atoms with van der Waals surface area (Å²) in [5.41, 5.74) is 1.11. The molecule has 6 nitrogen and oxygen atoms in total. The van der Waals surface area contributed by atoms with Crippen LogP contribution in [0.5, 0.6) is 0 Å². The number of benzene rings is 1. The average molecular weight is 289 g/mol. The predicted molar refractivity (Wildman–Crippen MR) is 80.3 cm³/mol. The van der Waals surface area contributed by atoms with E-state index >= 15 is 0 Å². The Labute approximate surface area is 122 Å². The second-order valence-electron chi connectivity index (χ2n) is 6.07. The van der Waals surface area contributed by atoms with Crippen LogP contribution in [0, 0.1) is 22.0 Å². The van der Waals surface area contributed by atoms with Gasteiger partial charge in [0, 0.05) is 12.1 Å². The molecule has 1 heterocycles. The van der Waals surface area contributed by atoms with Gasteiger partial charge in [-0.15, -0.1) is 0 Å². The first kappa shape index (κ1) is 13.9. The van der Waals surface area contributed by atoms with Crippen LogP contribution in [-0.2, 0) is 0 Å². The minimum absolute atomic E-state index is 0.0186. The van der Waals surface area contributed by atoms with Crippen LogP contribution < -0.4 is 5.32 Å². The smallest absolute Gasteiger partial charge is 0.295 e. The molecule has 0 radical (unpaired) electrons. The van der Waals surface area contributed by atoms with Gasteiger partial charge in [0.15, 0.2) is 5.58 Å². The second kappa shape index (κ2) is 5.35. The molecule has 1 N–H and O–H groups in total. The number of rotatable bonds is 3. The van der Waals surface area contributed by atoms with Crippen molar-refractivity contribution in [1.82, 2.24) is 4.98 Å². The summed E-state index contributed by atoms with van der Waals surface area (Å²) in [7, 11) is 0. The number of fused-ring (bicyclic) bond motifs is 1. The molecule has 112 valence electrons. The van der Waals surface area contributed by atoms with Crippen LogP contribution in [-0.4, -0.2) is 15.9 Å². The maximum absolute atomic E-state index is 10.8. The molecule has 1 fully saturated rings. The van der Waals surface area contributed by atoms with Gasteiger partial charge in [0.05, 0.1) is 11.0 Å². The highest BCUT2D eigenvalue weighted by Gasteiger charge is 2.26. The Morgan fingerprint density at radius 2 is 2.19 bits per heavy atom. The van der Waals surface area contributed by atoms with Crippen molar-refractivity contribution in [2.45, 2.75) is 39.2 Å². The number of nitro groups is 1. The van der Waals surface area contributed by atoms with Crippen molar-refractivity contribution < 1.29 is 9.34 Å². The summed E-state index contributed by atoms with van der Waals surface area (Å²) in [6.45, 7) is 4.52. The molecule has 0 saturated heterocycles. The Morgan fingerprint density at radius 3 is 2.90 bits per heavy atom. The Bertz CT molecular complexity index is 667. The van der Waals surface area contributed by atoms with E-state index in [9.17, 15) is 10.1 Å². The molecule has 1 aromatic carbocycles. The van der Waals surface area contributed by atoms with Crippen molar-refractivity contribution in [2.75, 3.05) is 5.32 Å². The van der Waals surface area contributed by atoms with E-state index in [0.29, 0.717) is 29.1 Å². The third kappa shape index (κ3) is 2.84. The molecule has 1 aromatic heterocycles. The summed E-state index contributed by atoms with van der Waals surface area (Å²) >= 11 is 0. The van der Waals surface area contributed by atoms with Crippen molar-refractivity contribution in [2.24, 2.45) is 11.8 Å². The molecule has 0 amide bonds. The molecule has 0 aliphatic heterocycles. The number of oxazole rings is 1. The molecule has 21 heavy (non-hydrogen) atoms. The maximum Gasteiger partial charge on any atom is 0.295 e. The second-order valence-corrected chi connectivity index (χ2v) is 6.07. The molecular formula is C15H19N3O3. The van der Waals surface area contributed by atoms with Gasteiger partial charge in [0.2, 0.25) is 0 Å². The number of nitrogens with one attached hydrogen (secondary N) is 1. The summed E-state index contributed by atoms with van der Waals surface area (Å²) in [5, 5.41) is 14.1. The third-order valence-electron chi connectivity index (χ3n) is 4.32. The molecule has 6 heteroatoms. The summed E-state index contributed by atoms with van der Waals surface area (Å²) in [4.78, 5) is 14.7. The van der Waals surface area contributed by atoms with E-state index in [1.807, 2.05) is 0 Å². The largest absolute Gasteiger partial charge is 0.423 e. The minimum atomic E-state index is -0.431. The van der Waals surface area contributed by atoms with Gasteiger partial charge < -0.3 is 9.73 Å². The number of non-ortho nitro benzene ring substituents is 1. The zero-order valence-corrected chi connectivity index (χ0v) is 12.2. The Kier molecular flexibility index (Phi) is 3.53.